The maximum absolute atomic E-state index is 13.1. The van der Waals surface area contributed by atoms with Crippen LogP contribution < -0.4 is 15.2 Å². The van der Waals surface area contributed by atoms with Crippen molar-refractivity contribution < 1.29 is 23.1 Å². The number of nitrogens with one attached hydrogen (secondary N) is 1. The number of rotatable bonds is 9. The molecule has 206 valence electrons. The highest BCUT2D eigenvalue weighted by molar-refractivity contribution is 7.92. The van der Waals surface area contributed by atoms with Crippen LogP contribution in [-0.2, 0) is 10.0 Å². The van der Waals surface area contributed by atoms with Gasteiger partial charge in [0.05, 0.1) is 16.2 Å². The van der Waals surface area contributed by atoms with Gasteiger partial charge in [0, 0.05) is 17.7 Å². The molecule has 0 fully saturated rings. The lowest BCUT2D eigenvalue weighted by Crippen LogP contribution is -2.32. The molecule has 38 heavy (non-hydrogen) atoms. The van der Waals surface area contributed by atoms with Crippen molar-refractivity contribution in [2.75, 3.05) is 11.3 Å². The Morgan fingerprint density at radius 1 is 1.08 bits per heavy atom. The Kier molecular flexibility index (Phi) is 9.88. The lowest BCUT2D eigenvalue weighted by Gasteiger charge is -2.23. The van der Waals surface area contributed by atoms with Gasteiger partial charge in [-0.25, -0.2) is 22.9 Å². The molecular formula is C27H35ClN4O5S. The number of anilines is 1. The van der Waals surface area contributed by atoms with E-state index in [4.69, 9.17) is 10.5 Å². The maximum atomic E-state index is 13.1. The summed E-state index contributed by atoms with van der Waals surface area (Å²) in [4.78, 5) is 19.9. The molecule has 3 aromatic rings. The van der Waals surface area contributed by atoms with Gasteiger partial charge < -0.3 is 15.6 Å². The van der Waals surface area contributed by atoms with Gasteiger partial charge in [0.15, 0.2) is 0 Å². The van der Waals surface area contributed by atoms with Crippen LogP contribution in [0.5, 0.6) is 5.88 Å². The zero-order valence-corrected chi connectivity index (χ0v) is 24.0. The first-order valence-corrected chi connectivity index (χ1v) is 13.4. The fourth-order valence-electron chi connectivity index (χ4n) is 4.03. The largest absolute Gasteiger partial charge is 0.478 e. The van der Waals surface area contributed by atoms with Crippen molar-refractivity contribution in [1.29, 1.82) is 0 Å². The maximum Gasteiger partial charge on any atom is 0.335 e. The highest BCUT2D eigenvalue weighted by atomic mass is 35.5. The van der Waals surface area contributed by atoms with Crippen LogP contribution in [0.3, 0.4) is 0 Å². The summed E-state index contributed by atoms with van der Waals surface area (Å²) in [6.45, 7) is 12.4. The minimum atomic E-state index is -4.19. The summed E-state index contributed by atoms with van der Waals surface area (Å²) in [6, 6.07) is 10.5. The molecule has 0 amide bonds. The van der Waals surface area contributed by atoms with Crippen LogP contribution in [0.1, 0.15) is 54.2 Å². The van der Waals surface area contributed by atoms with Crippen molar-refractivity contribution in [2.24, 2.45) is 11.1 Å². The highest BCUT2D eigenvalue weighted by Crippen LogP contribution is 2.31. The number of carboxylic acid groups (broad SMARTS) is 1. The Labute approximate surface area is 230 Å². The summed E-state index contributed by atoms with van der Waals surface area (Å²) in [5.41, 5.74) is 10.5. The number of ether oxygens (including phenoxy) is 1. The van der Waals surface area contributed by atoms with Crippen molar-refractivity contribution in [2.45, 2.75) is 58.9 Å². The minimum Gasteiger partial charge on any atom is -0.478 e. The molecule has 0 radical (unpaired) electrons. The Morgan fingerprint density at radius 3 is 2.37 bits per heavy atom. The zero-order chi connectivity index (χ0) is 27.5. The van der Waals surface area contributed by atoms with E-state index >= 15 is 0 Å². The second-order valence-electron chi connectivity index (χ2n) is 10.4. The molecule has 0 aliphatic carbocycles. The molecule has 1 heterocycles. The van der Waals surface area contributed by atoms with Crippen molar-refractivity contribution in [1.82, 2.24) is 9.97 Å². The summed E-state index contributed by atoms with van der Waals surface area (Å²) >= 11 is 0. The molecule has 0 bridgehead atoms. The number of hydrogen-bond donors (Lipinski definition) is 3. The third-order valence-corrected chi connectivity index (χ3v) is 7.17. The summed E-state index contributed by atoms with van der Waals surface area (Å²) in [5, 5.41) is 9.25. The highest BCUT2D eigenvalue weighted by Gasteiger charge is 2.21. The molecule has 11 heteroatoms. The number of aromatic carboxylic acids is 1. The Morgan fingerprint density at radius 2 is 1.74 bits per heavy atom. The van der Waals surface area contributed by atoms with Gasteiger partial charge in [-0.1, -0.05) is 39.0 Å². The van der Waals surface area contributed by atoms with Gasteiger partial charge in [-0.05, 0) is 67.5 Å². The number of aromatic nitrogens is 2. The molecule has 0 spiro atoms. The summed E-state index contributed by atoms with van der Waals surface area (Å²) in [6.07, 6.45) is 0.723. The Hall–Kier alpha value is -3.21. The molecule has 1 aromatic heterocycles. The first kappa shape index (κ1) is 31.0. The number of carboxylic acids is 1. The number of halogens is 1. The van der Waals surface area contributed by atoms with Gasteiger partial charge in [-0.15, -0.1) is 12.4 Å². The van der Waals surface area contributed by atoms with E-state index in [1.807, 2.05) is 32.9 Å². The van der Waals surface area contributed by atoms with Crippen molar-refractivity contribution >= 4 is 34.3 Å². The summed E-state index contributed by atoms with van der Waals surface area (Å²) < 4.78 is 34.5. The third kappa shape index (κ3) is 7.89. The van der Waals surface area contributed by atoms with E-state index < -0.39 is 16.0 Å². The van der Waals surface area contributed by atoms with Gasteiger partial charge in [0.1, 0.15) is 6.61 Å². The number of aryl methyl sites for hydroxylation is 2. The van der Waals surface area contributed by atoms with Gasteiger partial charge in [0.2, 0.25) is 11.8 Å². The number of hydrogen-bond acceptors (Lipinski definition) is 7. The molecular weight excluding hydrogens is 528 g/mol. The van der Waals surface area contributed by atoms with E-state index in [2.05, 4.69) is 35.5 Å². The number of carbonyl (C=O) groups is 1. The van der Waals surface area contributed by atoms with Crippen LogP contribution in [0.15, 0.2) is 47.4 Å². The second kappa shape index (κ2) is 12.1. The molecule has 0 saturated heterocycles. The molecule has 1 atom stereocenters. The monoisotopic (exact) mass is 562 g/mol. The number of nitrogens with two attached hydrogens (primary N) is 1. The number of nitrogens with zero attached hydrogens (tertiary/aromatic N) is 2. The van der Waals surface area contributed by atoms with E-state index in [0.29, 0.717) is 5.69 Å². The van der Waals surface area contributed by atoms with Crippen molar-refractivity contribution in [3.05, 3.63) is 64.7 Å². The standard InChI is InChI=1S/C27H34N4O5S.ClH/c1-16-10-11-17(2)24(18(16)3)22-13-23(36-15-20(28)14-27(4,5)6)30-26(29-22)31-37(34,35)21-9-7-8-19(12-21)25(32)33;/h7-13,20H,14-15,28H2,1-6H3,(H,32,33)(H,29,30,31);1H/t20-;/m1./s1. The van der Waals surface area contributed by atoms with Crippen molar-refractivity contribution in [3.63, 3.8) is 0 Å². The predicted molar refractivity (Wildman–Crippen MR) is 151 cm³/mol. The fraction of sp³-hybridized carbons (Fsp3) is 0.370. The lowest BCUT2D eigenvalue weighted by atomic mass is 9.89. The Bertz CT molecular complexity index is 1420. The topological polar surface area (TPSA) is 144 Å². The smallest absolute Gasteiger partial charge is 0.335 e. The summed E-state index contributed by atoms with van der Waals surface area (Å²) in [7, 11) is -4.19. The SMILES string of the molecule is Cc1ccc(C)c(-c2cc(OC[C@H](N)CC(C)(C)C)nc(NS(=O)(=O)c3cccc(C(=O)O)c3)n2)c1C.Cl. The normalized spacial score (nSPS) is 12.4. The lowest BCUT2D eigenvalue weighted by molar-refractivity contribution is 0.0696. The minimum absolute atomic E-state index is 0. The first-order chi connectivity index (χ1) is 17.2. The quantitative estimate of drug-likeness (QED) is 0.325. The van der Waals surface area contributed by atoms with Crippen LogP contribution >= 0.6 is 12.4 Å². The van der Waals surface area contributed by atoms with Crippen LogP contribution in [-0.4, -0.2) is 42.1 Å². The van der Waals surface area contributed by atoms with Gasteiger partial charge in [-0.2, -0.15) is 4.98 Å². The molecule has 3 rings (SSSR count). The van der Waals surface area contributed by atoms with Gasteiger partial charge >= 0.3 is 5.97 Å². The van der Waals surface area contributed by atoms with Crippen LogP contribution in [0.2, 0.25) is 0 Å². The second-order valence-corrected chi connectivity index (χ2v) is 12.1. The Balaban J connectivity index is 0.00000507. The van der Waals surface area contributed by atoms with E-state index in [0.717, 1.165) is 34.7 Å². The van der Waals surface area contributed by atoms with E-state index in [-0.39, 0.29) is 52.8 Å². The van der Waals surface area contributed by atoms with E-state index in [1.54, 1.807) is 6.07 Å². The number of benzene rings is 2. The molecule has 2 aromatic carbocycles. The van der Waals surface area contributed by atoms with E-state index in [9.17, 15) is 18.3 Å². The van der Waals surface area contributed by atoms with Crippen LogP contribution in [0.4, 0.5) is 5.95 Å². The average Bonchev–Trinajstić information content (AvgIpc) is 2.79. The molecule has 0 aliphatic rings. The molecule has 0 aliphatic heterocycles. The number of sulfonamides is 1. The average molecular weight is 563 g/mol. The molecule has 0 unspecified atom stereocenters. The zero-order valence-electron chi connectivity index (χ0n) is 22.4. The fourth-order valence-corrected chi connectivity index (χ4v) is 5.02. The van der Waals surface area contributed by atoms with Crippen LogP contribution in [0.25, 0.3) is 11.3 Å². The van der Waals surface area contributed by atoms with Crippen LogP contribution in [0, 0.1) is 26.2 Å². The predicted octanol–water partition coefficient (Wildman–Crippen LogP) is 5.13. The van der Waals surface area contributed by atoms with E-state index in [1.165, 1.54) is 18.2 Å². The van der Waals surface area contributed by atoms with Crippen molar-refractivity contribution in [3.8, 4) is 17.1 Å². The van der Waals surface area contributed by atoms with Gasteiger partial charge in [0.25, 0.3) is 10.0 Å². The molecule has 4 N–H and O–H groups in total. The first-order valence-electron chi connectivity index (χ1n) is 11.9. The summed E-state index contributed by atoms with van der Waals surface area (Å²) in [5.74, 6) is -1.26. The molecule has 0 saturated carbocycles. The third-order valence-electron chi connectivity index (χ3n) is 5.84. The molecule has 9 nitrogen and oxygen atoms in total. The van der Waals surface area contributed by atoms with Gasteiger partial charge in [-0.3, -0.25) is 0 Å².